The van der Waals surface area contributed by atoms with Crippen LogP contribution in [-0.4, -0.2) is 24.6 Å². The normalized spacial score (nSPS) is 16.6. The van der Waals surface area contributed by atoms with E-state index in [-0.39, 0.29) is 6.29 Å². The molecule has 116 valence electrons. The molecule has 1 aliphatic heterocycles. The quantitative estimate of drug-likeness (QED) is 0.918. The van der Waals surface area contributed by atoms with Crippen LogP contribution in [0.5, 0.6) is 0 Å². The molecule has 0 atom stereocenters. The molecule has 0 radical (unpaired) electrons. The van der Waals surface area contributed by atoms with E-state index in [2.05, 4.69) is 0 Å². The number of hydrogen-bond acceptors (Lipinski definition) is 3. The van der Waals surface area contributed by atoms with Crippen LogP contribution in [0, 0.1) is 0 Å². The Labute approximate surface area is 131 Å². The predicted molar refractivity (Wildman–Crippen MR) is 85.4 cm³/mol. The SMILES string of the molecule is OC(CCC1OCCCO1)(c1ccccc1)c1ccccc1. The Bertz CT molecular complexity index is 522. The molecular weight excluding hydrogens is 276 g/mol. The highest BCUT2D eigenvalue weighted by atomic mass is 16.7. The van der Waals surface area contributed by atoms with E-state index in [4.69, 9.17) is 9.47 Å². The lowest BCUT2D eigenvalue weighted by molar-refractivity contribution is -0.185. The zero-order valence-electron chi connectivity index (χ0n) is 12.7. The van der Waals surface area contributed by atoms with Crippen molar-refractivity contribution in [1.29, 1.82) is 0 Å². The van der Waals surface area contributed by atoms with Crippen molar-refractivity contribution in [3.63, 3.8) is 0 Å². The number of aliphatic hydroxyl groups is 1. The van der Waals surface area contributed by atoms with Gasteiger partial charge in [0.2, 0.25) is 0 Å². The standard InChI is InChI=1S/C19H22O3/c20-19(16-8-3-1-4-9-16,17-10-5-2-6-11-17)13-12-18-21-14-7-15-22-18/h1-6,8-11,18,20H,7,12-15H2. The molecule has 0 unspecified atom stereocenters. The van der Waals surface area contributed by atoms with Crippen molar-refractivity contribution in [2.75, 3.05) is 13.2 Å². The van der Waals surface area contributed by atoms with Gasteiger partial charge in [-0.1, -0.05) is 60.7 Å². The molecule has 3 heteroatoms. The zero-order valence-corrected chi connectivity index (χ0v) is 12.7. The minimum atomic E-state index is -1.02. The predicted octanol–water partition coefficient (Wildman–Crippen LogP) is 3.47. The van der Waals surface area contributed by atoms with E-state index in [9.17, 15) is 5.11 Å². The van der Waals surface area contributed by atoms with Gasteiger partial charge in [-0.15, -0.1) is 0 Å². The third-order valence-electron chi connectivity index (χ3n) is 4.14. The summed E-state index contributed by atoms with van der Waals surface area (Å²) in [5, 5.41) is 11.4. The summed E-state index contributed by atoms with van der Waals surface area (Å²) in [6.07, 6.45) is 1.96. The maximum Gasteiger partial charge on any atom is 0.157 e. The molecule has 22 heavy (non-hydrogen) atoms. The molecule has 1 saturated heterocycles. The Hall–Kier alpha value is -1.68. The summed E-state index contributed by atoms with van der Waals surface area (Å²) in [6, 6.07) is 19.6. The molecular formula is C19H22O3. The topological polar surface area (TPSA) is 38.7 Å². The van der Waals surface area contributed by atoms with Gasteiger partial charge in [0.15, 0.2) is 6.29 Å². The molecule has 0 aliphatic carbocycles. The van der Waals surface area contributed by atoms with Crippen LogP contribution in [0.3, 0.4) is 0 Å². The summed E-state index contributed by atoms with van der Waals surface area (Å²) < 4.78 is 11.2. The Balaban J connectivity index is 1.83. The molecule has 1 fully saturated rings. The monoisotopic (exact) mass is 298 g/mol. The van der Waals surface area contributed by atoms with Crippen LogP contribution in [0.15, 0.2) is 60.7 Å². The third kappa shape index (κ3) is 3.38. The van der Waals surface area contributed by atoms with Gasteiger partial charge in [0.1, 0.15) is 5.60 Å². The van der Waals surface area contributed by atoms with Gasteiger partial charge < -0.3 is 14.6 Å². The van der Waals surface area contributed by atoms with E-state index in [0.717, 1.165) is 30.8 Å². The first-order chi connectivity index (χ1) is 10.8. The van der Waals surface area contributed by atoms with E-state index >= 15 is 0 Å². The van der Waals surface area contributed by atoms with E-state index in [1.54, 1.807) is 0 Å². The van der Waals surface area contributed by atoms with Crippen LogP contribution < -0.4 is 0 Å². The van der Waals surface area contributed by atoms with Gasteiger partial charge in [0.05, 0.1) is 13.2 Å². The molecule has 1 aliphatic rings. The van der Waals surface area contributed by atoms with Gasteiger partial charge in [0.25, 0.3) is 0 Å². The number of hydrogen-bond donors (Lipinski definition) is 1. The van der Waals surface area contributed by atoms with Crippen molar-refractivity contribution in [2.45, 2.75) is 31.2 Å². The Morgan fingerprint density at radius 1 is 0.864 bits per heavy atom. The second-order valence-electron chi connectivity index (χ2n) is 5.66. The first-order valence-electron chi connectivity index (χ1n) is 7.86. The molecule has 2 aromatic rings. The van der Waals surface area contributed by atoms with Gasteiger partial charge in [-0.3, -0.25) is 0 Å². The summed E-state index contributed by atoms with van der Waals surface area (Å²) in [7, 11) is 0. The van der Waals surface area contributed by atoms with E-state index < -0.39 is 5.60 Å². The Kier molecular flexibility index (Phi) is 4.88. The summed E-state index contributed by atoms with van der Waals surface area (Å²) in [5.74, 6) is 0. The van der Waals surface area contributed by atoms with Gasteiger partial charge in [-0.25, -0.2) is 0 Å². The van der Waals surface area contributed by atoms with Crippen LogP contribution in [0.4, 0.5) is 0 Å². The molecule has 3 rings (SSSR count). The first-order valence-corrected chi connectivity index (χ1v) is 7.86. The van der Waals surface area contributed by atoms with Gasteiger partial charge >= 0.3 is 0 Å². The van der Waals surface area contributed by atoms with Crippen molar-refractivity contribution in [3.05, 3.63) is 71.8 Å². The lowest BCUT2D eigenvalue weighted by atomic mass is 9.82. The van der Waals surface area contributed by atoms with Gasteiger partial charge in [-0.2, -0.15) is 0 Å². The number of rotatable bonds is 5. The Morgan fingerprint density at radius 3 is 1.86 bits per heavy atom. The highest BCUT2D eigenvalue weighted by Gasteiger charge is 2.32. The van der Waals surface area contributed by atoms with Crippen LogP contribution >= 0.6 is 0 Å². The van der Waals surface area contributed by atoms with Crippen molar-refractivity contribution in [3.8, 4) is 0 Å². The molecule has 0 saturated carbocycles. The van der Waals surface area contributed by atoms with Crippen LogP contribution in [0.2, 0.25) is 0 Å². The van der Waals surface area contributed by atoms with Crippen LogP contribution in [0.25, 0.3) is 0 Å². The molecule has 1 heterocycles. The minimum Gasteiger partial charge on any atom is -0.380 e. The molecule has 0 spiro atoms. The van der Waals surface area contributed by atoms with Crippen molar-refractivity contribution < 1.29 is 14.6 Å². The third-order valence-corrected chi connectivity index (χ3v) is 4.14. The maximum absolute atomic E-state index is 11.4. The highest BCUT2D eigenvalue weighted by molar-refractivity contribution is 5.35. The second-order valence-corrected chi connectivity index (χ2v) is 5.66. The van der Waals surface area contributed by atoms with E-state index in [1.807, 2.05) is 60.7 Å². The van der Waals surface area contributed by atoms with Gasteiger partial charge in [-0.05, 0) is 24.0 Å². The van der Waals surface area contributed by atoms with Crippen molar-refractivity contribution in [2.24, 2.45) is 0 Å². The molecule has 1 N–H and O–H groups in total. The van der Waals surface area contributed by atoms with Gasteiger partial charge in [0, 0.05) is 6.42 Å². The summed E-state index contributed by atoms with van der Waals surface area (Å²) in [5.41, 5.74) is 0.779. The van der Waals surface area contributed by atoms with Crippen LogP contribution in [-0.2, 0) is 15.1 Å². The lowest BCUT2D eigenvalue weighted by Gasteiger charge is -2.32. The largest absolute Gasteiger partial charge is 0.380 e. The Morgan fingerprint density at radius 2 is 1.36 bits per heavy atom. The fourth-order valence-electron chi connectivity index (χ4n) is 2.91. The second kappa shape index (κ2) is 7.05. The molecule has 0 amide bonds. The lowest BCUT2D eigenvalue weighted by Crippen LogP contribution is -2.31. The van der Waals surface area contributed by atoms with Crippen LogP contribution in [0.1, 0.15) is 30.4 Å². The molecule has 0 aromatic heterocycles. The molecule has 2 aromatic carbocycles. The maximum atomic E-state index is 11.4. The van der Waals surface area contributed by atoms with Crippen molar-refractivity contribution >= 4 is 0 Å². The van der Waals surface area contributed by atoms with E-state index in [0.29, 0.717) is 12.8 Å². The first kappa shape index (κ1) is 15.2. The number of benzene rings is 2. The summed E-state index contributed by atoms with van der Waals surface area (Å²) >= 11 is 0. The molecule has 3 nitrogen and oxygen atoms in total. The van der Waals surface area contributed by atoms with E-state index in [1.165, 1.54) is 0 Å². The minimum absolute atomic E-state index is 0.215. The smallest absolute Gasteiger partial charge is 0.157 e. The summed E-state index contributed by atoms with van der Waals surface area (Å²) in [4.78, 5) is 0. The average Bonchev–Trinajstić information content (AvgIpc) is 2.62. The van der Waals surface area contributed by atoms with Crippen molar-refractivity contribution in [1.82, 2.24) is 0 Å². The number of ether oxygens (including phenoxy) is 2. The zero-order chi connectivity index (χ0) is 15.3. The summed E-state index contributed by atoms with van der Waals surface area (Å²) in [6.45, 7) is 1.47. The molecule has 0 bridgehead atoms. The highest BCUT2D eigenvalue weighted by Crippen LogP contribution is 2.35. The fourth-order valence-corrected chi connectivity index (χ4v) is 2.91. The average molecular weight is 298 g/mol. The fraction of sp³-hybridized carbons (Fsp3) is 0.368.